The second-order valence-corrected chi connectivity index (χ2v) is 6.79. The highest BCUT2D eigenvalue weighted by molar-refractivity contribution is 7.91. The fourth-order valence-corrected chi connectivity index (χ4v) is 4.24. The van der Waals surface area contributed by atoms with Crippen molar-refractivity contribution in [2.75, 3.05) is 13.1 Å². The number of thiophene rings is 1. The average molecular weight is 233 g/mol. The Hall–Kier alpha value is -0.430. The Kier molecular flexibility index (Phi) is 2.38. The summed E-state index contributed by atoms with van der Waals surface area (Å²) in [5.41, 5.74) is 0. The third-order valence-corrected chi connectivity index (χ3v) is 5.44. The number of aliphatic hydroxyl groups is 1. The Morgan fingerprint density at radius 2 is 2.14 bits per heavy atom. The first-order chi connectivity index (χ1) is 6.50. The quantitative estimate of drug-likeness (QED) is 0.805. The molecule has 1 aliphatic heterocycles. The summed E-state index contributed by atoms with van der Waals surface area (Å²) in [6.45, 7) is 2.31. The predicted molar refractivity (Wildman–Crippen MR) is 53.8 cm³/mol. The molecule has 0 radical (unpaired) electrons. The number of β-amino-alcohol motifs (C(OH)–C–C–N with tert-alkyl or cyclic N) is 1. The van der Waals surface area contributed by atoms with Crippen LogP contribution in [0.5, 0.6) is 0 Å². The van der Waals surface area contributed by atoms with Gasteiger partial charge in [0.05, 0.1) is 6.10 Å². The topological polar surface area (TPSA) is 57.6 Å². The molecule has 1 saturated heterocycles. The van der Waals surface area contributed by atoms with Crippen LogP contribution in [0.25, 0.3) is 0 Å². The van der Waals surface area contributed by atoms with Gasteiger partial charge in [0.15, 0.2) is 0 Å². The summed E-state index contributed by atoms with van der Waals surface area (Å²) in [7, 11) is -3.32. The largest absolute Gasteiger partial charge is 0.390 e. The fraction of sp³-hybridized carbons (Fsp3) is 0.500. The first-order valence-corrected chi connectivity index (χ1v) is 6.50. The number of hydrogen-bond donors (Lipinski definition) is 1. The number of aryl methyl sites for hydroxylation is 1. The van der Waals surface area contributed by atoms with E-state index >= 15 is 0 Å². The van der Waals surface area contributed by atoms with Crippen molar-refractivity contribution >= 4 is 21.4 Å². The van der Waals surface area contributed by atoms with E-state index in [1.165, 1.54) is 15.6 Å². The van der Waals surface area contributed by atoms with E-state index in [2.05, 4.69) is 0 Å². The van der Waals surface area contributed by atoms with Gasteiger partial charge in [0, 0.05) is 18.0 Å². The van der Waals surface area contributed by atoms with E-state index in [0.29, 0.717) is 4.21 Å². The van der Waals surface area contributed by atoms with E-state index in [1.54, 1.807) is 12.1 Å². The van der Waals surface area contributed by atoms with E-state index in [9.17, 15) is 8.42 Å². The molecule has 1 aliphatic rings. The summed E-state index contributed by atoms with van der Waals surface area (Å²) in [5.74, 6) is 0. The molecule has 0 atom stereocenters. The molecule has 0 aliphatic carbocycles. The van der Waals surface area contributed by atoms with Crippen molar-refractivity contribution in [1.29, 1.82) is 0 Å². The summed E-state index contributed by atoms with van der Waals surface area (Å²) in [5, 5.41) is 9.03. The summed E-state index contributed by atoms with van der Waals surface area (Å²) < 4.78 is 25.3. The standard InChI is InChI=1S/C8H11NO3S2/c1-6-2-3-8(13-6)14(11,12)9-4-7(10)5-9/h2-3,7,10H,4-5H2,1H3. The number of nitrogens with zero attached hydrogens (tertiary/aromatic N) is 1. The van der Waals surface area contributed by atoms with Gasteiger partial charge in [0.1, 0.15) is 4.21 Å². The molecule has 6 heteroatoms. The smallest absolute Gasteiger partial charge is 0.252 e. The van der Waals surface area contributed by atoms with E-state index in [4.69, 9.17) is 5.11 Å². The first-order valence-electron chi connectivity index (χ1n) is 4.25. The zero-order valence-corrected chi connectivity index (χ0v) is 9.31. The lowest BCUT2D eigenvalue weighted by Gasteiger charge is -2.34. The third-order valence-electron chi connectivity index (χ3n) is 2.14. The molecule has 14 heavy (non-hydrogen) atoms. The van der Waals surface area contributed by atoms with Crippen molar-refractivity contribution in [2.24, 2.45) is 0 Å². The van der Waals surface area contributed by atoms with Gasteiger partial charge in [0.25, 0.3) is 10.0 Å². The zero-order valence-electron chi connectivity index (χ0n) is 7.67. The highest BCUT2D eigenvalue weighted by atomic mass is 32.2. The van der Waals surface area contributed by atoms with Crippen molar-refractivity contribution in [3.63, 3.8) is 0 Å². The van der Waals surface area contributed by atoms with E-state index in [1.807, 2.05) is 6.92 Å². The van der Waals surface area contributed by atoms with Crippen molar-refractivity contribution in [1.82, 2.24) is 4.31 Å². The minimum Gasteiger partial charge on any atom is -0.390 e. The Labute approximate surface area is 86.8 Å². The second-order valence-electron chi connectivity index (χ2n) is 3.34. The molecule has 0 amide bonds. The highest BCUT2D eigenvalue weighted by Gasteiger charge is 2.36. The molecule has 2 rings (SSSR count). The lowest BCUT2D eigenvalue weighted by atomic mass is 10.2. The van der Waals surface area contributed by atoms with Gasteiger partial charge in [-0.05, 0) is 19.1 Å². The van der Waals surface area contributed by atoms with Crippen molar-refractivity contribution in [3.8, 4) is 0 Å². The van der Waals surface area contributed by atoms with Crippen LogP contribution in [0.1, 0.15) is 4.88 Å². The van der Waals surface area contributed by atoms with Crippen molar-refractivity contribution in [3.05, 3.63) is 17.0 Å². The predicted octanol–water partition coefficient (Wildman–Crippen LogP) is 0.422. The maximum atomic E-state index is 11.8. The molecule has 2 heterocycles. The molecule has 4 nitrogen and oxygen atoms in total. The van der Waals surface area contributed by atoms with E-state index in [-0.39, 0.29) is 13.1 Å². The van der Waals surface area contributed by atoms with Crippen LogP contribution in [0.2, 0.25) is 0 Å². The van der Waals surface area contributed by atoms with Gasteiger partial charge in [-0.1, -0.05) is 0 Å². The van der Waals surface area contributed by atoms with Gasteiger partial charge in [-0.25, -0.2) is 8.42 Å². The molecular weight excluding hydrogens is 222 g/mol. The highest BCUT2D eigenvalue weighted by Crippen LogP contribution is 2.27. The van der Waals surface area contributed by atoms with Crippen LogP contribution < -0.4 is 0 Å². The Bertz CT molecular complexity index is 431. The lowest BCUT2D eigenvalue weighted by molar-refractivity contribution is 0.0549. The van der Waals surface area contributed by atoms with Gasteiger partial charge < -0.3 is 5.11 Å². The maximum absolute atomic E-state index is 11.8. The molecular formula is C8H11NO3S2. The van der Waals surface area contributed by atoms with Crippen LogP contribution in [0.15, 0.2) is 16.3 Å². The Morgan fingerprint density at radius 1 is 1.50 bits per heavy atom. The maximum Gasteiger partial charge on any atom is 0.252 e. The SMILES string of the molecule is Cc1ccc(S(=O)(=O)N2CC(O)C2)s1. The molecule has 0 aromatic carbocycles. The van der Waals surface area contributed by atoms with Crippen LogP contribution in [0, 0.1) is 6.92 Å². The second kappa shape index (κ2) is 3.30. The summed E-state index contributed by atoms with van der Waals surface area (Å²) in [4.78, 5) is 0.977. The number of sulfonamides is 1. The minimum atomic E-state index is -3.32. The third kappa shape index (κ3) is 1.58. The molecule has 1 N–H and O–H groups in total. The van der Waals surface area contributed by atoms with Gasteiger partial charge in [-0.15, -0.1) is 11.3 Å². The van der Waals surface area contributed by atoms with Crippen LogP contribution in [-0.2, 0) is 10.0 Å². The van der Waals surface area contributed by atoms with Gasteiger partial charge in [-0.2, -0.15) is 4.31 Å². The zero-order chi connectivity index (χ0) is 10.3. The molecule has 1 aromatic rings. The molecule has 78 valence electrons. The summed E-state index contributed by atoms with van der Waals surface area (Å²) in [6.07, 6.45) is -0.495. The molecule has 0 spiro atoms. The van der Waals surface area contributed by atoms with E-state index < -0.39 is 16.1 Å². The molecule has 1 fully saturated rings. The van der Waals surface area contributed by atoms with Crippen molar-refractivity contribution in [2.45, 2.75) is 17.2 Å². The summed E-state index contributed by atoms with van der Waals surface area (Å²) >= 11 is 1.26. The number of aliphatic hydroxyl groups excluding tert-OH is 1. The van der Waals surface area contributed by atoms with Gasteiger partial charge >= 0.3 is 0 Å². The number of hydrogen-bond acceptors (Lipinski definition) is 4. The molecule has 0 unspecified atom stereocenters. The minimum absolute atomic E-state index is 0.222. The van der Waals surface area contributed by atoms with E-state index in [0.717, 1.165) is 4.88 Å². The Balaban J connectivity index is 2.25. The van der Waals surface area contributed by atoms with Crippen LogP contribution in [0.3, 0.4) is 0 Å². The molecule has 1 aromatic heterocycles. The van der Waals surface area contributed by atoms with Crippen LogP contribution in [-0.4, -0.2) is 37.0 Å². The first kappa shape index (κ1) is 10.1. The molecule has 0 bridgehead atoms. The average Bonchev–Trinajstić information content (AvgIpc) is 2.46. The lowest BCUT2D eigenvalue weighted by Crippen LogP contribution is -2.53. The normalized spacial score (nSPS) is 19.6. The van der Waals surface area contributed by atoms with Crippen molar-refractivity contribution < 1.29 is 13.5 Å². The van der Waals surface area contributed by atoms with Crippen LogP contribution >= 0.6 is 11.3 Å². The van der Waals surface area contributed by atoms with Gasteiger partial charge in [0.2, 0.25) is 0 Å². The summed E-state index contributed by atoms with van der Waals surface area (Å²) in [6, 6.07) is 3.40. The fourth-order valence-electron chi connectivity index (χ4n) is 1.29. The Morgan fingerprint density at radius 3 is 2.57 bits per heavy atom. The van der Waals surface area contributed by atoms with Gasteiger partial charge in [-0.3, -0.25) is 0 Å². The number of rotatable bonds is 2. The van der Waals surface area contributed by atoms with Crippen LogP contribution in [0.4, 0.5) is 0 Å². The monoisotopic (exact) mass is 233 g/mol. The molecule has 0 saturated carbocycles.